The molecule has 0 saturated carbocycles. The molecule has 0 heterocycles. The van der Waals surface area contributed by atoms with E-state index in [1.807, 2.05) is 12.1 Å². The van der Waals surface area contributed by atoms with Crippen LogP contribution >= 0.6 is 0 Å². The van der Waals surface area contributed by atoms with Gasteiger partial charge in [-0.3, -0.25) is 10.4 Å². The van der Waals surface area contributed by atoms with Crippen molar-refractivity contribution in [2.45, 2.75) is 6.42 Å². The zero-order valence-electron chi connectivity index (χ0n) is 12.8. The van der Waals surface area contributed by atoms with Crippen molar-refractivity contribution in [2.24, 2.45) is 0 Å². The molecule has 3 aromatic carbocycles. The Morgan fingerprint density at radius 2 is 1.22 bits per heavy atom. The van der Waals surface area contributed by atoms with E-state index in [1.54, 1.807) is 0 Å². The second-order valence-electron chi connectivity index (χ2n) is 5.60. The fraction of sp³-hybridized carbons (Fsp3) is 0.0476. The molecule has 1 aliphatic carbocycles. The van der Waals surface area contributed by atoms with Crippen molar-refractivity contribution < 1.29 is 0 Å². The predicted octanol–water partition coefficient (Wildman–Crippen LogP) is 4.93. The highest BCUT2D eigenvalue weighted by molar-refractivity contribution is 5.75. The molecule has 0 aliphatic heterocycles. The third-order valence-corrected chi connectivity index (χ3v) is 4.09. The Balaban J connectivity index is 1.70. The summed E-state index contributed by atoms with van der Waals surface area (Å²) in [5.74, 6) is 0. The number of allylic oxidation sites excluding steroid dienone is 1. The molecule has 1 N–H and O–H groups in total. The Bertz CT molecular complexity index is 783. The summed E-state index contributed by atoms with van der Waals surface area (Å²) in [6, 6.07) is 29.3. The largest absolute Gasteiger partial charge is 0.294 e. The van der Waals surface area contributed by atoms with Gasteiger partial charge in [-0.05, 0) is 36.2 Å². The quantitative estimate of drug-likeness (QED) is 0.687. The number of anilines is 2. The van der Waals surface area contributed by atoms with Crippen molar-refractivity contribution in [3.63, 3.8) is 0 Å². The first kappa shape index (κ1) is 13.6. The molecule has 3 aromatic rings. The Hall–Kier alpha value is -3.00. The molecule has 0 saturated heterocycles. The molecule has 0 amide bonds. The second-order valence-corrected chi connectivity index (χ2v) is 5.60. The summed E-state index contributed by atoms with van der Waals surface area (Å²) >= 11 is 0. The Morgan fingerprint density at radius 3 is 1.87 bits per heavy atom. The first-order chi connectivity index (χ1) is 11.4. The van der Waals surface area contributed by atoms with Gasteiger partial charge in [0.25, 0.3) is 0 Å². The highest BCUT2D eigenvalue weighted by atomic mass is 15.5. The van der Waals surface area contributed by atoms with Gasteiger partial charge in [-0.2, -0.15) is 0 Å². The average molecular weight is 298 g/mol. The third-order valence-electron chi connectivity index (χ3n) is 4.09. The summed E-state index contributed by atoms with van der Waals surface area (Å²) in [6.45, 7) is 0. The highest BCUT2D eigenvalue weighted by Gasteiger charge is 2.17. The van der Waals surface area contributed by atoms with Crippen molar-refractivity contribution >= 4 is 17.1 Å². The van der Waals surface area contributed by atoms with Crippen molar-refractivity contribution in [3.05, 3.63) is 102 Å². The minimum absolute atomic E-state index is 0.982. The summed E-state index contributed by atoms with van der Waals surface area (Å²) in [6.07, 6.45) is 3.24. The summed E-state index contributed by atoms with van der Waals surface area (Å²) < 4.78 is 0. The van der Waals surface area contributed by atoms with Crippen LogP contribution in [0.5, 0.6) is 0 Å². The maximum Gasteiger partial charge on any atom is 0.0630 e. The van der Waals surface area contributed by atoms with E-state index >= 15 is 0 Å². The zero-order chi connectivity index (χ0) is 15.5. The van der Waals surface area contributed by atoms with E-state index in [9.17, 15) is 0 Å². The molecule has 2 nitrogen and oxygen atoms in total. The average Bonchev–Trinajstić information content (AvgIpc) is 3.04. The van der Waals surface area contributed by atoms with Crippen molar-refractivity contribution in [3.8, 4) is 0 Å². The van der Waals surface area contributed by atoms with Gasteiger partial charge in [0.2, 0.25) is 0 Å². The molecule has 23 heavy (non-hydrogen) atoms. The van der Waals surface area contributed by atoms with Crippen molar-refractivity contribution in [1.29, 1.82) is 0 Å². The Kier molecular flexibility index (Phi) is 3.57. The van der Waals surface area contributed by atoms with Crippen LogP contribution in [-0.4, -0.2) is 0 Å². The number of hydrogen-bond acceptors (Lipinski definition) is 2. The van der Waals surface area contributed by atoms with Crippen molar-refractivity contribution in [1.82, 2.24) is 5.43 Å². The van der Waals surface area contributed by atoms with Gasteiger partial charge >= 0.3 is 0 Å². The van der Waals surface area contributed by atoms with E-state index in [0.29, 0.717) is 0 Å². The van der Waals surface area contributed by atoms with Gasteiger partial charge in [-0.25, -0.2) is 0 Å². The standard InChI is InChI=1S/C21H18N2/c1-3-10-18(11-4-1)23(19-12-5-2-6-13-19)22-21-16-15-17-9-7-8-14-20(17)21/h1-14,16,22H,15H2. The zero-order valence-corrected chi connectivity index (χ0v) is 12.8. The lowest BCUT2D eigenvalue weighted by Gasteiger charge is -2.27. The molecule has 0 fully saturated rings. The molecule has 2 heteroatoms. The Morgan fingerprint density at radius 1 is 0.652 bits per heavy atom. The monoisotopic (exact) mass is 298 g/mol. The van der Waals surface area contributed by atoms with E-state index in [4.69, 9.17) is 0 Å². The SMILES string of the molecule is C1=C(NN(c2ccccc2)c2ccccc2)c2ccccc2C1. The highest BCUT2D eigenvalue weighted by Crippen LogP contribution is 2.29. The number of hydrogen-bond donors (Lipinski definition) is 1. The molecular weight excluding hydrogens is 280 g/mol. The molecule has 0 aromatic heterocycles. The van der Waals surface area contributed by atoms with Gasteiger partial charge in [0, 0.05) is 5.56 Å². The minimum Gasteiger partial charge on any atom is -0.294 e. The maximum atomic E-state index is 3.60. The molecule has 4 rings (SSSR count). The molecule has 1 aliphatic rings. The number of benzene rings is 3. The lowest BCUT2D eigenvalue weighted by Crippen LogP contribution is -2.32. The van der Waals surface area contributed by atoms with Gasteiger partial charge in [-0.1, -0.05) is 66.7 Å². The topological polar surface area (TPSA) is 15.3 Å². The smallest absolute Gasteiger partial charge is 0.0630 e. The van der Waals surface area contributed by atoms with E-state index in [0.717, 1.165) is 23.5 Å². The number of rotatable bonds is 4. The molecule has 0 bridgehead atoms. The van der Waals surface area contributed by atoms with Crippen LogP contribution in [0.3, 0.4) is 0 Å². The molecule has 0 spiro atoms. The van der Waals surface area contributed by atoms with Gasteiger partial charge in [-0.15, -0.1) is 0 Å². The van der Waals surface area contributed by atoms with Gasteiger partial charge in [0.15, 0.2) is 0 Å². The first-order valence-corrected chi connectivity index (χ1v) is 7.87. The van der Waals surface area contributed by atoms with Crippen LogP contribution in [0, 0.1) is 0 Å². The number of hydrazine groups is 1. The first-order valence-electron chi connectivity index (χ1n) is 7.87. The molecule has 112 valence electrons. The number of para-hydroxylation sites is 2. The van der Waals surface area contributed by atoms with E-state index < -0.39 is 0 Å². The lowest BCUT2D eigenvalue weighted by atomic mass is 10.1. The van der Waals surface area contributed by atoms with Crippen LogP contribution in [0.15, 0.2) is 91.0 Å². The van der Waals surface area contributed by atoms with Crippen LogP contribution in [0.4, 0.5) is 11.4 Å². The van der Waals surface area contributed by atoms with Crippen LogP contribution in [0.1, 0.15) is 11.1 Å². The number of fused-ring (bicyclic) bond motifs is 1. The molecule has 0 radical (unpaired) electrons. The third kappa shape index (κ3) is 2.71. The van der Waals surface area contributed by atoms with E-state index in [1.165, 1.54) is 11.1 Å². The number of nitrogens with zero attached hydrogens (tertiary/aromatic N) is 1. The maximum absolute atomic E-state index is 3.60. The summed E-state index contributed by atoms with van der Waals surface area (Å²) in [5, 5.41) is 2.13. The fourth-order valence-electron chi connectivity index (χ4n) is 2.94. The van der Waals surface area contributed by atoms with E-state index in [-0.39, 0.29) is 0 Å². The minimum atomic E-state index is 0.982. The fourth-order valence-corrected chi connectivity index (χ4v) is 2.94. The van der Waals surface area contributed by atoms with E-state index in [2.05, 4.69) is 89.3 Å². The summed E-state index contributed by atoms with van der Waals surface area (Å²) in [4.78, 5) is 0. The Labute approximate surface area is 136 Å². The number of nitrogens with one attached hydrogen (secondary N) is 1. The normalized spacial score (nSPS) is 12.4. The summed E-state index contributed by atoms with van der Waals surface area (Å²) in [5.41, 5.74) is 9.64. The second kappa shape index (κ2) is 6.01. The van der Waals surface area contributed by atoms with Crippen LogP contribution in [0.2, 0.25) is 0 Å². The van der Waals surface area contributed by atoms with Gasteiger partial charge in [0.05, 0.1) is 17.1 Å². The molecule has 0 atom stereocenters. The van der Waals surface area contributed by atoms with Crippen LogP contribution in [-0.2, 0) is 6.42 Å². The van der Waals surface area contributed by atoms with Gasteiger partial charge in [0.1, 0.15) is 0 Å². The summed E-state index contributed by atoms with van der Waals surface area (Å²) in [7, 11) is 0. The predicted molar refractivity (Wildman–Crippen MR) is 96.3 cm³/mol. The van der Waals surface area contributed by atoms with Crippen LogP contribution in [0.25, 0.3) is 5.70 Å². The lowest BCUT2D eigenvalue weighted by molar-refractivity contribution is 0.908. The molecular formula is C21H18N2. The van der Waals surface area contributed by atoms with Crippen molar-refractivity contribution in [2.75, 3.05) is 5.01 Å². The van der Waals surface area contributed by atoms with Gasteiger partial charge < -0.3 is 0 Å². The molecule has 0 unspecified atom stereocenters. The van der Waals surface area contributed by atoms with Crippen LogP contribution < -0.4 is 10.4 Å².